The van der Waals surface area contributed by atoms with Crippen molar-refractivity contribution >= 4 is 23.5 Å². The Hall–Kier alpha value is -2.37. The number of hydrogen-bond donors (Lipinski definition) is 2. The molecule has 1 aliphatic heterocycles. The Kier molecular flexibility index (Phi) is 6.37. The highest BCUT2D eigenvalue weighted by Crippen LogP contribution is 2.42. The van der Waals surface area contributed by atoms with E-state index < -0.39 is 11.4 Å². The molecule has 6 nitrogen and oxygen atoms in total. The molecule has 2 aliphatic rings. The summed E-state index contributed by atoms with van der Waals surface area (Å²) < 4.78 is 0. The highest BCUT2D eigenvalue weighted by atomic mass is 16.4. The topological polar surface area (TPSA) is 86.7 Å². The maximum atomic E-state index is 12.8. The third-order valence-corrected chi connectivity index (χ3v) is 6.21. The molecule has 0 aromatic heterocycles. The molecule has 1 aliphatic carbocycles. The molecule has 1 aromatic carbocycles. The Bertz CT molecular complexity index is 747. The van der Waals surface area contributed by atoms with Crippen molar-refractivity contribution in [3.63, 3.8) is 0 Å². The zero-order valence-electron chi connectivity index (χ0n) is 16.6. The van der Waals surface area contributed by atoms with Crippen LogP contribution >= 0.6 is 0 Å². The number of carbonyl (C=O) groups excluding carboxylic acids is 2. The van der Waals surface area contributed by atoms with Crippen molar-refractivity contribution in [2.24, 2.45) is 5.41 Å². The Morgan fingerprint density at radius 1 is 1.04 bits per heavy atom. The first-order valence-corrected chi connectivity index (χ1v) is 10.3. The summed E-state index contributed by atoms with van der Waals surface area (Å²) in [6, 6.07) is 5.40. The molecular weight excluding hydrogens is 356 g/mol. The predicted molar refractivity (Wildman–Crippen MR) is 107 cm³/mol. The molecule has 1 saturated heterocycles. The van der Waals surface area contributed by atoms with E-state index >= 15 is 0 Å². The number of rotatable bonds is 6. The molecule has 2 N–H and O–H groups in total. The number of nitrogens with one attached hydrogen (secondary N) is 1. The van der Waals surface area contributed by atoms with Crippen LogP contribution in [0.1, 0.15) is 73.7 Å². The molecule has 3 rings (SSSR count). The highest BCUT2D eigenvalue weighted by molar-refractivity contribution is 5.99. The number of likely N-dealkylation sites (tertiary alicyclic amines) is 1. The third-order valence-electron chi connectivity index (χ3n) is 6.21. The number of aliphatic carboxylic acids is 1. The second-order valence-electron chi connectivity index (χ2n) is 8.33. The van der Waals surface area contributed by atoms with Crippen LogP contribution in [0.3, 0.4) is 0 Å². The van der Waals surface area contributed by atoms with Crippen LogP contribution in [0.15, 0.2) is 18.2 Å². The molecule has 152 valence electrons. The molecular formula is C22H30N2O4. The number of carboxylic acid groups (broad SMARTS) is 1. The zero-order chi connectivity index (χ0) is 20.1. The summed E-state index contributed by atoms with van der Waals surface area (Å²) in [6.07, 6.45) is 6.91. The van der Waals surface area contributed by atoms with E-state index in [-0.39, 0.29) is 24.7 Å². The van der Waals surface area contributed by atoms with Gasteiger partial charge in [0.05, 0.1) is 6.42 Å². The van der Waals surface area contributed by atoms with Gasteiger partial charge >= 0.3 is 5.97 Å². The van der Waals surface area contributed by atoms with Gasteiger partial charge in [0.2, 0.25) is 5.91 Å². The fraction of sp³-hybridized carbons (Fsp3) is 0.591. The molecule has 0 bridgehead atoms. The number of benzene rings is 1. The highest BCUT2D eigenvalue weighted by Gasteiger charge is 2.36. The summed E-state index contributed by atoms with van der Waals surface area (Å²) in [5.74, 6) is -0.998. The fourth-order valence-electron chi connectivity index (χ4n) is 4.67. The minimum atomic E-state index is -0.843. The quantitative estimate of drug-likeness (QED) is 0.774. The maximum Gasteiger partial charge on any atom is 0.303 e. The van der Waals surface area contributed by atoms with Gasteiger partial charge in [-0.3, -0.25) is 14.4 Å². The van der Waals surface area contributed by atoms with E-state index in [2.05, 4.69) is 5.32 Å². The zero-order valence-corrected chi connectivity index (χ0v) is 16.6. The largest absolute Gasteiger partial charge is 0.481 e. The lowest BCUT2D eigenvalue weighted by atomic mass is 9.69. The minimum Gasteiger partial charge on any atom is -0.481 e. The van der Waals surface area contributed by atoms with Gasteiger partial charge in [-0.2, -0.15) is 0 Å². The summed E-state index contributed by atoms with van der Waals surface area (Å²) in [5.41, 5.74) is 1.57. The summed E-state index contributed by atoms with van der Waals surface area (Å²) in [6.45, 7) is 3.42. The lowest BCUT2D eigenvalue weighted by Crippen LogP contribution is -2.32. The fourth-order valence-corrected chi connectivity index (χ4v) is 4.67. The smallest absolute Gasteiger partial charge is 0.303 e. The monoisotopic (exact) mass is 386 g/mol. The summed E-state index contributed by atoms with van der Waals surface area (Å²) in [5, 5.41) is 12.2. The Balaban J connectivity index is 1.72. The first kappa shape index (κ1) is 20.4. The van der Waals surface area contributed by atoms with Crippen LogP contribution in [0, 0.1) is 12.3 Å². The average molecular weight is 386 g/mol. The van der Waals surface area contributed by atoms with Gasteiger partial charge in [-0.1, -0.05) is 25.3 Å². The first-order valence-electron chi connectivity index (χ1n) is 10.3. The van der Waals surface area contributed by atoms with Crippen LogP contribution in [0.25, 0.3) is 0 Å². The molecule has 1 saturated carbocycles. The number of nitrogens with zero attached hydrogens (tertiary/aromatic N) is 1. The van der Waals surface area contributed by atoms with Crippen LogP contribution in [0.2, 0.25) is 0 Å². The first-order chi connectivity index (χ1) is 13.4. The number of amides is 2. The molecule has 2 fully saturated rings. The van der Waals surface area contributed by atoms with Crippen molar-refractivity contribution in [1.82, 2.24) is 4.90 Å². The van der Waals surface area contributed by atoms with Gasteiger partial charge in [-0.15, -0.1) is 0 Å². The molecule has 1 heterocycles. The van der Waals surface area contributed by atoms with E-state index in [1.165, 1.54) is 0 Å². The number of anilines is 1. The molecule has 0 atom stereocenters. The summed E-state index contributed by atoms with van der Waals surface area (Å²) in [4.78, 5) is 38.7. The minimum absolute atomic E-state index is 0.0146. The van der Waals surface area contributed by atoms with Gasteiger partial charge in [0.25, 0.3) is 5.91 Å². The van der Waals surface area contributed by atoms with Crippen molar-refractivity contribution < 1.29 is 19.5 Å². The van der Waals surface area contributed by atoms with Crippen LogP contribution in [0.4, 0.5) is 5.69 Å². The number of carbonyl (C=O) groups is 3. The summed E-state index contributed by atoms with van der Waals surface area (Å²) >= 11 is 0. The van der Waals surface area contributed by atoms with E-state index in [1.807, 2.05) is 11.8 Å². The molecule has 1 aromatic rings. The van der Waals surface area contributed by atoms with E-state index in [4.69, 9.17) is 0 Å². The standard InChI is InChI=1S/C22H30N2O4/c1-16-17(21(28)24-12-5-6-13-24)8-7-9-18(16)23-19(25)14-22(15-20(26)27)10-3-2-4-11-22/h7-9H,2-6,10-15H2,1H3,(H,23,25)(H,26,27). The van der Waals surface area contributed by atoms with Crippen LogP contribution in [0.5, 0.6) is 0 Å². The van der Waals surface area contributed by atoms with Gasteiger partial charge < -0.3 is 15.3 Å². The van der Waals surface area contributed by atoms with Gasteiger partial charge in [0.15, 0.2) is 0 Å². The van der Waals surface area contributed by atoms with E-state index in [0.29, 0.717) is 11.3 Å². The average Bonchev–Trinajstić information content (AvgIpc) is 3.17. The maximum absolute atomic E-state index is 12.8. The lowest BCUT2D eigenvalue weighted by Gasteiger charge is -2.35. The molecule has 0 unspecified atom stereocenters. The Labute approximate surface area is 166 Å². The third kappa shape index (κ3) is 4.72. The lowest BCUT2D eigenvalue weighted by molar-refractivity contribution is -0.140. The molecule has 2 amide bonds. The van der Waals surface area contributed by atoms with Crippen molar-refractivity contribution in [1.29, 1.82) is 0 Å². The van der Waals surface area contributed by atoms with Gasteiger partial charge in [-0.05, 0) is 55.7 Å². The second kappa shape index (κ2) is 8.76. The normalized spacial score (nSPS) is 18.7. The molecule has 0 spiro atoms. The molecule has 28 heavy (non-hydrogen) atoms. The second-order valence-corrected chi connectivity index (χ2v) is 8.33. The predicted octanol–water partition coefficient (Wildman–Crippen LogP) is 3.98. The van der Waals surface area contributed by atoms with Crippen molar-refractivity contribution in [3.8, 4) is 0 Å². The van der Waals surface area contributed by atoms with Crippen LogP contribution < -0.4 is 5.32 Å². The van der Waals surface area contributed by atoms with Gasteiger partial charge in [0, 0.05) is 30.8 Å². The van der Waals surface area contributed by atoms with Gasteiger partial charge in [0.1, 0.15) is 0 Å². The van der Waals surface area contributed by atoms with Gasteiger partial charge in [-0.25, -0.2) is 0 Å². The summed E-state index contributed by atoms with van der Waals surface area (Å²) in [7, 11) is 0. The Morgan fingerprint density at radius 3 is 2.36 bits per heavy atom. The van der Waals surface area contributed by atoms with Crippen molar-refractivity contribution in [3.05, 3.63) is 29.3 Å². The van der Waals surface area contributed by atoms with Crippen LogP contribution in [-0.2, 0) is 9.59 Å². The van der Waals surface area contributed by atoms with E-state index in [0.717, 1.165) is 63.6 Å². The van der Waals surface area contributed by atoms with Crippen molar-refractivity contribution in [2.45, 2.75) is 64.7 Å². The van der Waals surface area contributed by atoms with E-state index in [9.17, 15) is 19.5 Å². The molecule has 6 heteroatoms. The van der Waals surface area contributed by atoms with Crippen molar-refractivity contribution in [2.75, 3.05) is 18.4 Å². The SMILES string of the molecule is Cc1c(NC(=O)CC2(CC(=O)O)CCCCC2)cccc1C(=O)N1CCCC1. The van der Waals surface area contributed by atoms with Crippen LogP contribution in [-0.4, -0.2) is 40.9 Å². The Morgan fingerprint density at radius 2 is 1.71 bits per heavy atom. The number of hydrogen-bond acceptors (Lipinski definition) is 3. The van der Waals surface area contributed by atoms with E-state index in [1.54, 1.807) is 18.2 Å². The molecule has 0 radical (unpaired) electrons. The number of carboxylic acids is 1.